The summed E-state index contributed by atoms with van der Waals surface area (Å²) in [7, 11) is 0. The fraction of sp³-hybridized carbons (Fsp3) is 0.421. The van der Waals surface area contributed by atoms with E-state index in [1.807, 2.05) is 6.07 Å². The minimum absolute atomic E-state index is 0.321. The molecule has 3 aliphatic heterocycles. The molecule has 0 atom stereocenters. The van der Waals surface area contributed by atoms with Crippen LogP contribution in [0.2, 0.25) is 0 Å². The van der Waals surface area contributed by atoms with E-state index in [2.05, 4.69) is 37.6 Å². The van der Waals surface area contributed by atoms with Crippen LogP contribution < -0.4 is 20.3 Å². The van der Waals surface area contributed by atoms with Crippen molar-refractivity contribution in [1.82, 2.24) is 15.3 Å². The van der Waals surface area contributed by atoms with Gasteiger partial charge in [0.05, 0.1) is 30.0 Å². The van der Waals surface area contributed by atoms with E-state index in [0.29, 0.717) is 37.1 Å². The normalized spacial score (nSPS) is 18.9. The summed E-state index contributed by atoms with van der Waals surface area (Å²) in [5, 5.41) is 16.3. The lowest BCUT2D eigenvalue weighted by molar-refractivity contribution is 0.122. The Morgan fingerprint density at radius 2 is 2.04 bits per heavy atom. The fourth-order valence-electron chi connectivity index (χ4n) is 3.71. The molecule has 8 heteroatoms. The molecular weight excluding hydrogens is 344 g/mol. The molecule has 0 saturated carbocycles. The highest BCUT2D eigenvalue weighted by Crippen LogP contribution is 2.40. The summed E-state index contributed by atoms with van der Waals surface area (Å²) in [5.41, 5.74) is 3.40. The average molecular weight is 364 g/mol. The Hall–Kier alpha value is -2.89. The molecule has 0 bridgehead atoms. The monoisotopic (exact) mass is 364 g/mol. The van der Waals surface area contributed by atoms with Crippen molar-refractivity contribution in [1.29, 1.82) is 5.26 Å². The van der Waals surface area contributed by atoms with Gasteiger partial charge in [-0.3, -0.25) is 0 Å². The van der Waals surface area contributed by atoms with Crippen molar-refractivity contribution >= 4 is 17.3 Å². The van der Waals surface area contributed by atoms with E-state index in [0.717, 1.165) is 54.6 Å². The van der Waals surface area contributed by atoms with E-state index in [1.165, 1.54) is 0 Å². The van der Waals surface area contributed by atoms with Crippen LogP contribution in [0.1, 0.15) is 22.6 Å². The number of nitriles is 1. The summed E-state index contributed by atoms with van der Waals surface area (Å²) in [6.07, 6.45) is 1.58. The summed E-state index contributed by atoms with van der Waals surface area (Å²) >= 11 is 0. The summed E-state index contributed by atoms with van der Waals surface area (Å²) < 4.78 is 11.5. The number of hydrogen-bond donors (Lipinski definition) is 2. The fourth-order valence-corrected chi connectivity index (χ4v) is 3.71. The lowest BCUT2D eigenvalue weighted by atomic mass is 9.91. The number of aromatic nitrogens is 2. The third-order valence-corrected chi connectivity index (χ3v) is 5.33. The smallest absolute Gasteiger partial charge is 0.161 e. The van der Waals surface area contributed by atoms with Gasteiger partial charge in [0.25, 0.3) is 0 Å². The first-order valence-corrected chi connectivity index (χ1v) is 9.18. The lowest BCUT2D eigenvalue weighted by Gasteiger charge is -2.29. The van der Waals surface area contributed by atoms with Crippen LogP contribution in [-0.2, 0) is 11.3 Å². The zero-order chi connectivity index (χ0) is 18.2. The van der Waals surface area contributed by atoms with Gasteiger partial charge in [-0.25, -0.2) is 9.97 Å². The van der Waals surface area contributed by atoms with E-state index >= 15 is 0 Å². The van der Waals surface area contributed by atoms with Crippen LogP contribution >= 0.6 is 0 Å². The number of rotatable bonds is 2. The molecule has 5 rings (SSSR count). The summed E-state index contributed by atoms with van der Waals surface area (Å²) in [4.78, 5) is 11.1. The average Bonchev–Trinajstić information content (AvgIpc) is 2.85. The molecule has 0 unspecified atom stereocenters. The summed E-state index contributed by atoms with van der Waals surface area (Å²) in [6, 6.07) is 6.30. The SMILES string of the molecule is N#Cc1cc(C2CNC2)cc2c1OCc1c(ncnc1N1CCOCC1)N2. The molecule has 1 aromatic heterocycles. The third-order valence-electron chi connectivity index (χ3n) is 5.33. The summed E-state index contributed by atoms with van der Waals surface area (Å²) in [5.74, 6) is 2.62. The Labute approximate surface area is 157 Å². The van der Waals surface area contributed by atoms with Crippen LogP contribution in [0.3, 0.4) is 0 Å². The van der Waals surface area contributed by atoms with Crippen LogP contribution in [0.15, 0.2) is 18.5 Å². The van der Waals surface area contributed by atoms with Crippen LogP contribution in [0.5, 0.6) is 5.75 Å². The quantitative estimate of drug-likeness (QED) is 0.828. The maximum atomic E-state index is 9.63. The summed E-state index contributed by atoms with van der Waals surface area (Å²) in [6.45, 7) is 5.14. The second-order valence-corrected chi connectivity index (χ2v) is 6.95. The minimum atomic E-state index is 0.321. The minimum Gasteiger partial charge on any atom is -0.485 e. The van der Waals surface area contributed by atoms with Gasteiger partial charge < -0.3 is 25.0 Å². The molecule has 2 N–H and O–H groups in total. The molecule has 2 saturated heterocycles. The molecule has 0 amide bonds. The molecule has 4 heterocycles. The number of benzene rings is 1. The Balaban J connectivity index is 1.54. The van der Waals surface area contributed by atoms with Crippen molar-refractivity contribution in [2.24, 2.45) is 0 Å². The predicted molar refractivity (Wildman–Crippen MR) is 99.4 cm³/mol. The number of ether oxygens (including phenoxy) is 2. The number of hydrogen-bond acceptors (Lipinski definition) is 8. The van der Waals surface area contributed by atoms with Gasteiger partial charge in [0, 0.05) is 32.1 Å². The molecule has 0 radical (unpaired) electrons. The van der Waals surface area contributed by atoms with Gasteiger partial charge in [0.2, 0.25) is 0 Å². The molecule has 2 fully saturated rings. The molecule has 27 heavy (non-hydrogen) atoms. The van der Waals surface area contributed by atoms with Gasteiger partial charge in [-0.1, -0.05) is 0 Å². The van der Waals surface area contributed by atoms with Crippen LogP contribution in [-0.4, -0.2) is 49.4 Å². The highest BCUT2D eigenvalue weighted by molar-refractivity contribution is 5.75. The number of morpholine rings is 1. The van der Waals surface area contributed by atoms with Crippen LogP contribution in [0.25, 0.3) is 0 Å². The van der Waals surface area contributed by atoms with E-state index in [4.69, 9.17) is 9.47 Å². The van der Waals surface area contributed by atoms with E-state index < -0.39 is 0 Å². The Kier molecular flexibility index (Phi) is 4.03. The number of fused-ring (bicyclic) bond motifs is 2. The predicted octanol–water partition coefficient (Wildman–Crippen LogP) is 1.51. The number of anilines is 3. The van der Waals surface area contributed by atoms with E-state index in [-0.39, 0.29) is 0 Å². The van der Waals surface area contributed by atoms with Gasteiger partial charge in [0.15, 0.2) is 5.75 Å². The topological polar surface area (TPSA) is 95.3 Å². The lowest BCUT2D eigenvalue weighted by Crippen LogP contribution is -2.39. The van der Waals surface area contributed by atoms with Crippen molar-refractivity contribution in [3.05, 3.63) is 35.2 Å². The highest BCUT2D eigenvalue weighted by atomic mass is 16.5. The number of nitrogens with one attached hydrogen (secondary N) is 2. The van der Waals surface area contributed by atoms with E-state index in [1.54, 1.807) is 6.33 Å². The standard InChI is InChI=1S/C19H20N6O2/c20-7-13-5-12(14-8-21-9-14)6-16-17(13)27-10-15-18(24-16)22-11-23-19(15)25-1-3-26-4-2-25/h5-6,11,14,21H,1-4,8-10H2,(H,22,23,24). The first-order valence-electron chi connectivity index (χ1n) is 9.18. The van der Waals surface area contributed by atoms with Gasteiger partial charge in [0.1, 0.15) is 30.6 Å². The largest absolute Gasteiger partial charge is 0.485 e. The molecule has 138 valence electrons. The second-order valence-electron chi connectivity index (χ2n) is 6.95. The van der Waals surface area contributed by atoms with Crippen molar-refractivity contribution < 1.29 is 9.47 Å². The first kappa shape index (κ1) is 16.3. The van der Waals surface area contributed by atoms with E-state index in [9.17, 15) is 5.26 Å². The molecule has 3 aliphatic rings. The van der Waals surface area contributed by atoms with Gasteiger partial charge in [-0.2, -0.15) is 5.26 Å². The van der Waals surface area contributed by atoms with Gasteiger partial charge in [-0.15, -0.1) is 0 Å². The molecule has 0 spiro atoms. The molecule has 2 aromatic rings. The van der Waals surface area contributed by atoms with Crippen LogP contribution in [0.4, 0.5) is 17.3 Å². The van der Waals surface area contributed by atoms with Crippen molar-refractivity contribution in [3.63, 3.8) is 0 Å². The molecular formula is C19H20N6O2. The maximum Gasteiger partial charge on any atom is 0.161 e. The van der Waals surface area contributed by atoms with Gasteiger partial charge >= 0.3 is 0 Å². The first-order chi connectivity index (χ1) is 13.3. The Morgan fingerprint density at radius 3 is 2.78 bits per heavy atom. The van der Waals surface area contributed by atoms with Crippen molar-refractivity contribution in [2.45, 2.75) is 12.5 Å². The third kappa shape index (κ3) is 2.85. The van der Waals surface area contributed by atoms with Crippen LogP contribution in [0, 0.1) is 11.3 Å². The van der Waals surface area contributed by atoms with Gasteiger partial charge in [-0.05, 0) is 17.7 Å². The molecule has 8 nitrogen and oxygen atoms in total. The van der Waals surface area contributed by atoms with Crippen molar-refractivity contribution in [2.75, 3.05) is 49.6 Å². The second kappa shape index (κ2) is 6.68. The zero-order valence-corrected chi connectivity index (χ0v) is 14.9. The molecule has 1 aromatic carbocycles. The Bertz CT molecular complexity index is 915. The maximum absolute atomic E-state index is 9.63. The Morgan fingerprint density at radius 1 is 1.19 bits per heavy atom. The molecule has 0 aliphatic carbocycles. The van der Waals surface area contributed by atoms with Crippen molar-refractivity contribution in [3.8, 4) is 11.8 Å². The number of nitrogens with zero attached hydrogens (tertiary/aromatic N) is 4. The zero-order valence-electron chi connectivity index (χ0n) is 14.9. The highest BCUT2D eigenvalue weighted by Gasteiger charge is 2.27.